The molecule has 0 aliphatic carbocycles. The zero-order valence-corrected chi connectivity index (χ0v) is 11.5. The van der Waals surface area contributed by atoms with Crippen molar-refractivity contribution >= 4 is 31.8 Å². The molecule has 6 heteroatoms. The first-order chi connectivity index (χ1) is 7.40. The third kappa shape index (κ3) is 2.08. The van der Waals surface area contributed by atoms with E-state index in [9.17, 15) is 8.42 Å². The molecule has 1 aliphatic heterocycles. The molecule has 1 aromatic heterocycles. The van der Waals surface area contributed by atoms with Gasteiger partial charge in [-0.3, -0.25) is 4.31 Å². The van der Waals surface area contributed by atoms with Gasteiger partial charge in [-0.05, 0) is 40.4 Å². The third-order valence-electron chi connectivity index (χ3n) is 2.60. The van der Waals surface area contributed by atoms with Gasteiger partial charge in [0.15, 0.2) is 0 Å². The van der Waals surface area contributed by atoms with Crippen molar-refractivity contribution < 1.29 is 8.42 Å². The largest absolute Gasteiger partial charge is 0.253 e. The molecule has 0 N–H and O–H groups in total. The number of rotatable bonds is 1. The molecule has 1 aromatic rings. The van der Waals surface area contributed by atoms with Gasteiger partial charge in [-0.1, -0.05) is 6.92 Å². The lowest BCUT2D eigenvalue weighted by atomic mass is 10.2. The highest BCUT2D eigenvalue weighted by Crippen LogP contribution is 2.27. The molecule has 16 heavy (non-hydrogen) atoms. The number of hydrogen-bond acceptors (Lipinski definition) is 3. The monoisotopic (exact) mass is 304 g/mol. The molecule has 0 spiro atoms. The van der Waals surface area contributed by atoms with Crippen LogP contribution in [0, 0.1) is 12.8 Å². The van der Waals surface area contributed by atoms with Crippen molar-refractivity contribution in [1.82, 2.24) is 4.98 Å². The van der Waals surface area contributed by atoms with Crippen LogP contribution in [0.5, 0.6) is 0 Å². The van der Waals surface area contributed by atoms with Crippen molar-refractivity contribution in [3.05, 3.63) is 22.3 Å². The smallest absolute Gasteiger partial charge is 0.236 e. The van der Waals surface area contributed by atoms with E-state index in [1.807, 2.05) is 13.8 Å². The summed E-state index contributed by atoms with van der Waals surface area (Å²) in [4.78, 5) is 4.15. The van der Waals surface area contributed by atoms with Gasteiger partial charge in [-0.2, -0.15) is 0 Å². The highest BCUT2D eigenvalue weighted by atomic mass is 79.9. The number of anilines is 1. The Morgan fingerprint density at radius 3 is 2.75 bits per heavy atom. The van der Waals surface area contributed by atoms with E-state index >= 15 is 0 Å². The lowest BCUT2D eigenvalue weighted by Gasteiger charge is -2.16. The summed E-state index contributed by atoms with van der Waals surface area (Å²) in [6.45, 7) is 4.38. The second kappa shape index (κ2) is 4.00. The van der Waals surface area contributed by atoms with Gasteiger partial charge in [0.1, 0.15) is 5.82 Å². The number of nitrogens with zero attached hydrogens (tertiary/aromatic N) is 2. The minimum Gasteiger partial charge on any atom is -0.253 e. The average molecular weight is 305 g/mol. The Kier molecular flexibility index (Phi) is 2.96. The van der Waals surface area contributed by atoms with Crippen LogP contribution in [0.1, 0.15) is 12.5 Å². The molecular weight excluding hydrogens is 292 g/mol. The first-order valence-corrected chi connectivity index (χ1v) is 7.43. The molecule has 1 saturated heterocycles. The Morgan fingerprint density at radius 2 is 2.25 bits per heavy atom. The molecule has 2 rings (SSSR count). The summed E-state index contributed by atoms with van der Waals surface area (Å²) in [5, 5.41) is 0. The number of halogens is 1. The molecule has 4 nitrogen and oxygen atoms in total. The fourth-order valence-corrected chi connectivity index (χ4v) is 3.88. The zero-order valence-electron chi connectivity index (χ0n) is 9.14. The molecule has 88 valence electrons. The molecule has 0 amide bonds. The summed E-state index contributed by atoms with van der Waals surface area (Å²) in [5.41, 5.74) is 0.986. The van der Waals surface area contributed by atoms with Crippen molar-refractivity contribution in [3.8, 4) is 0 Å². The average Bonchev–Trinajstić information content (AvgIpc) is 2.44. The van der Waals surface area contributed by atoms with Crippen molar-refractivity contribution in [2.24, 2.45) is 5.92 Å². The van der Waals surface area contributed by atoms with Crippen molar-refractivity contribution in [2.75, 3.05) is 16.6 Å². The Bertz CT molecular complexity index is 516. The molecule has 0 bridgehead atoms. The molecule has 1 unspecified atom stereocenters. The maximum absolute atomic E-state index is 11.8. The molecule has 1 aliphatic rings. The van der Waals surface area contributed by atoms with E-state index in [0.29, 0.717) is 12.4 Å². The maximum Gasteiger partial charge on any atom is 0.236 e. The first kappa shape index (κ1) is 11.9. The maximum atomic E-state index is 11.8. The van der Waals surface area contributed by atoms with Gasteiger partial charge >= 0.3 is 0 Å². The summed E-state index contributed by atoms with van der Waals surface area (Å²) in [6, 6.07) is 1.79. The molecule has 0 saturated carbocycles. The SMILES string of the molecule is Cc1cc(N2CC(C)CS2(=O)=O)ncc1Br. The van der Waals surface area contributed by atoms with Crippen LogP contribution >= 0.6 is 15.9 Å². The highest BCUT2D eigenvalue weighted by Gasteiger charge is 2.34. The van der Waals surface area contributed by atoms with Crippen LogP contribution in [0.4, 0.5) is 5.82 Å². The summed E-state index contributed by atoms with van der Waals surface area (Å²) >= 11 is 3.35. The fourth-order valence-electron chi connectivity index (χ4n) is 1.80. The first-order valence-electron chi connectivity index (χ1n) is 5.03. The van der Waals surface area contributed by atoms with Gasteiger partial charge in [0.05, 0.1) is 5.75 Å². The van der Waals surface area contributed by atoms with Crippen molar-refractivity contribution in [1.29, 1.82) is 0 Å². The number of aryl methyl sites for hydroxylation is 1. The van der Waals surface area contributed by atoms with Gasteiger partial charge in [-0.25, -0.2) is 13.4 Å². The number of pyridine rings is 1. The quantitative estimate of drug-likeness (QED) is 0.797. The van der Waals surface area contributed by atoms with E-state index in [1.165, 1.54) is 4.31 Å². The van der Waals surface area contributed by atoms with Crippen LogP contribution in [-0.2, 0) is 10.0 Å². The normalized spacial score (nSPS) is 23.7. The fraction of sp³-hybridized carbons (Fsp3) is 0.500. The lowest BCUT2D eigenvalue weighted by molar-refractivity contribution is 0.597. The summed E-state index contributed by atoms with van der Waals surface area (Å²) in [7, 11) is -3.16. The highest BCUT2D eigenvalue weighted by molar-refractivity contribution is 9.10. The zero-order chi connectivity index (χ0) is 11.9. The van der Waals surface area contributed by atoms with E-state index in [1.54, 1.807) is 12.3 Å². The van der Waals surface area contributed by atoms with Crippen LogP contribution in [0.3, 0.4) is 0 Å². The topological polar surface area (TPSA) is 50.3 Å². The number of sulfonamides is 1. The van der Waals surface area contributed by atoms with Crippen LogP contribution in [0.25, 0.3) is 0 Å². The standard InChI is InChI=1S/C10H13BrN2O2S/c1-7-5-13(16(14,15)6-7)10-3-8(2)9(11)4-12-10/h3-4,7H,5-6H2,1-2H3. The molecule has 1 atom stereocenters. The van der Waals surface area contributed by atoms with Crippen molar-refractivity contribution in [2.45, 2.75) is 13.8 Å². The van der Waals surface area contributed by atoms with E-state index < -0.39 is 10.0 Å². The van der Waals surface area contributed by atoms with E-state index in [4.69, 9.17) is 0 Å². The predicted octanol–water partition coefficient (Wildman–Crippen LogP) is 1.94. The van der Waals surface area contributed by atoms with Gasteiger partial charge in [0.2, 0.25) is 10.0 Å². The van der Waals surface area contributed by atoms with E-state index in [2.05, 4.69) is 20.9 Å². The van der Waals surface area contributed by atoms with Crippen LogP contribution in [0.15, 0.2) is 16.7 Å². The van der Waals surface area contributed by atoms with Gasteiger partial charge in [0, 0.05) is 17.2 Å². The second-order valence-electron chi connectivity index (χ2n) is 4.21. The molecule has 0 aromatic carbocycles. The van der Waals surface area contributed by atoms with Crippen LogP contribution < -0.4 is 4.31 Å². The third-order valence-corrected chi connectivity index (χ3v) is 5.42. The van der Waals surface area contributed by atoms with Crippen LogP contribution in [0.2, 0.25) is 0 Å². The Morgan fingerprint density at radius 1 is 1.56 bits per heavy atom. The van der Waals surface area contributed by atoms with E-state index in [0.717, 1.165) is 10.0 Å². The summed E-state index contributed by atoms with van der Waals surface area (Å²) < 4.78 is 26.0. The summed E-state index contributed by atoms with van der Waals surface area (Å²) in [5.74, 6) is 0.893. The van der Waals surface area contributed by atoms with Crippen LogP contribution in [-0.4, -0.2) is 25.7 Å². The van der Waals surface area contributed by atoms with E-state index in [-0.39, 0.29) is 11.7 Å². The molecule has 0 radical (unpaired) electrons. The lowest BCUT2D eigenvalue weighted by Crippen LogP contribution is -2.26. The minimum atomic E-state index is -3.16. The van der Waals surface area contributed by atoms with Gasteiger partial charge < -0.3 is 0 Å². The molecular formula is C10H13BrN2O2S. The van der Waals surface area contributed by atoms with Crippen molar-refractivity contribution in [3.63, 3.8) is 0 Å². The molecule has 1 fully saturated rings. The minimum absolute atomic E-state index is 0.163. The second-order valence-corrected chi connectivity index (χ2v) is 7.00. The Hall–Kier alpha value is -0.620. The number of hydrogen-bond donors (Lipinski definition) is 0. The Labute approximate surface area is 104 Å². The summed E-state index contributed by atoms with van der Waals surface area (Å²) in [6.07, 6.45) is 1.64. The molecule has 2 heterocycles. The van der Waals surface area contributed by atoms with Gasteiger partial charge in [0.25, 0.3) is 0 Å². The predicted molar refractivity (Wildman–Crippen MR) is 67.0 cm³/mol. The Balaban J connectivity index is 2.42. The van der Waals surface area contributed by atoms with Gasteiger partial charge in [-0.15, -0.1) is 0 Å². The number of aromatic nitrogens is 1.